The Bertz CT molecular complexity index is 1040. The lowest BCUT2D eigenvalue weighted by Gasteiger charge is -2.06. The van der Waals surface area contributed by atoms with Crippen LogP contribution < -0.4 is 4.72 Å². The molecule has 0 aliphatic heterocycles. The molecule has 0 saturated carbocycles. The van der Waals surface area contributed by atoms with Gasteiger partial charge >= 0.3 is 5.97 Å². The summed E-state index contributed by atoms with van der Waals surface area (Å²) in [5.41, 5.74) is 2.66. The third-order valence-corrected chi connectivity index (χ3v) is 5.35. The number of benzene rings is 1. The minimum atomic E-state index is -3.74. The summed E-state index contributed by atoms with van der Waals surface area (Å²) in [5.74, 6) is -0.524. The van der Waals surface area contributed by atoms with Gasteiger partial charge in [0.15, 0.2) is 0 Å². The zero-order chi connectivity index (χ0) is 19.4. The first-order valence-electron chi connectivity index (χ1n) is 8.02. The van der Waals surface area contributed by atoms with E-state index in [1.54, 1.807) is 24.1 Å². The summed E-state index contributed by atoms with van der Waals surface area (Å²) in [6.07, 6.45) is 3.37. The highest BCUT2D eigenvalue weighted by Crippen LogP contribution is 2.19. The van der Waals surface area contributed by atoms with E-state index in [9.17, 15) is 13.2 Å². The molecule has 8 nitrogen and oxygen atoms in total. The largest absolute Gasteiger partial charge is 0.465 e. The van der Waals surface area contributed by atoms with Gasteiger partial charge in [-0.15, -0.1) is 0 Å². The van der Waals surface area contributed by atoms with Gasteiger partial charge in [0, 0.05) is 25.0 Å². The fourth-order valence-electron chi connectivity index (χ4n) is 2.55. The first kappa shape index (κ1) is 18.7. The number of nitrogens with zero attached hydrogens (tertiary/aromatic N) is 3. The summed E-state index contributed by atoms with van der Waals surface area (Å²) in [4.78, 5) is 15.5. The average Bonchev–Trinajstić information content (AvgIpc) is 3.07. The van der Waals surface area contributed by atoms with Gasteiger partial charge in [-0.05, 0) is 42.5 Å². The lowest BCUT2D eigenvalue weighted by Crippen LogP contribution is -2.23. The highest BCUT2D eigenvalue weighted by Gasteiger charge is 2.16. The molecule has 0 aliphatic rings. The SMILES string of the molecule is COC(=O)c1ccc(S(=O)(=O)NCc2cc(-c3ccncc3)n(C)n2)cc1. The van der Waals surface area contributed by atoms with Crippen LogP contribution in [0.3, 0.4) is 0 Å². The van der Waals surface area contributed by atoms with Crippen molar-refractivity contribution in [1.29, 1.82) is 0 Å². The number of aromatic nitrogens is 3. The van der Waals surface area contributed by atoms with Gasteiger partial charge in [-0.2, -0.15) is 5.10 Å². The molecule has 0 unspecified atom stereocenters. The molecular formula is C18H18N4O4S. The molecule has 1 aromatic carbocycles. The Morgan fingerprint density at radius 1 is 1.15 bits per heavy atom. The normalized spacial score (nSPS) is 11.3. The van der Waals surface area contributed by atoms with Crippen LogP contribution in [0.1, 0.15) is 16.1 Å². The number of carbonyl (C=O) groups is 1. The zero-order valence-electron chi connectivity index (χ0n) is 14.8. The van der Waals surface area contributed by atoms with Crippen LogP contribution in [0.5, 0.6) is 0 Å². The molecule has 0 bridgehead atoms. The number of hydrogen-bond acceptors (Lipinski definition) is 6. The highest BCUT2D eigenvalue weighted by atomic mass is 32.2. The van der Waals surface area contributed by atoms with E-state index in [1.165, 1.54) is 31.4 Å². The molecule has 0 amide bonds. The fourth-order valence-corrected chi connectivity index (χ4v) is 3.55. The molecule has 0 aliphatic carbocycles. The van der Waals surface area contributed by atoms with Gasteiger partial charge in [0.2, 0.25) is 10.0 Å². The summed E-state index contributed by atoms with van der Waals surface area (Å²) in [7, 11) is -0.681. The smallest absolute Gasteiger partial charge is 0.337 e. The Hall–Kier alpha value is -3.04. The molecule has 0 saturated heterocycles. The third-order valence-electron chi connectivity index (χ3n) is 3.94. The van der Waals surface area contributed by atoms with E-state index in [4.69, 9.17) is 0 Å². The highest BCUT2D eigenvalue weighted by molar-refractivity contribution is 7.89. The second-order valence-electron chi connectivity index (χ2n) is 5.72. The molecule has 27 heavy (non-hydrogen) atoms. The van der Waals surface area contributed by atoms with Crippen LogP contribution in [0.2, 0.25) is 0 Å². The van der Waals surface area contributed by atoms with E-state index in [1.807, 2.05) is 18.2 Å². The van der Waals surface area contributed by atoms with Crippen molar-refractivity contribution in [3.05, 3.63) is 66.1 Å². The molecule has 0 radical (unpaired) electrons. The van der Waals surface area contributed by atoms with Crippen molar-refractivity contribution in [2.75, 3.05) is 7.11 Å². The Labute approximate surface area is 156 Å². The predicted molar refractivity (Wildman–Crippen MR) is 98.2 cm³/mol. The van der Waals surface area contributed by atoms with Crippen LogP contribution in [-0.4, -0.2) is 36.3 Å². The van der Waals surface area contributed by atoms with Gasteiger partial charge in [0.1, 0.15) is 0 Å². The van der Waals surface area contributed by atoms with Crippen LogP contribution in [0, 0.1) is 0 Å². The molecular weight excluding hydrogens is 368 g/mol. The molecule has 3 rings (SSSR count). The van der Waals surface area contributed by atoms with Crippen molar-refractivity contribution in [3.63, 3.8) is 0 Å². The number of hydrogen-bond donors (Lipinski definition) is 1. The average molecular weight is 386 g/mol. The summed E-state index contributed by atoms with van der Waals surface area (Å²) in [6, 6.07) is 11.1. The molecule has 0 spiro atoms. The summed E-state index contributed by atoms with van der Waals surface area (Å²) < 4.78 is 33.7. The van der Waals surface area contributed by atoms with E-state index >= 15 is 0 Å². The number of rotatable bonds is 6. The first-order valence-corrected chi connectivity index (χ1v) is 9.50. The number of methoxy groups -OCH3 is 1. The number of carbonyl (C=O) groups excluding carboxylic acids is 1. The van der Waals surface area contributed by atoms with Gasteiger partial charge in [-0.3, -0.25) is 9.67 Å². The molecule has 3 aromatic rings. The first-order chi connectivity index (χ1) is 12.9. The van der Waals surface area contributed by atoms with Crippen LogP contribution in [0.15, 0.2) is 59.8 Å². The standard InChI is InChI=1S/C18H18N4O4S/c1-22-17(13-7-9-19-10-8-13)11-15(21-22)12-20-27(24,25)16-5-3-14(4-6-16)18(23)26-2/h3-11,20H,12H2,1-2H3. The van der Waals surface area contributed by atoms with Crippen molar-refractivity contribution >= 4 is 16.0 Å². The van der Waals surface area contributed by atoms with Gasteiger partial charge < -0.3 is 4.74 Å². The molecule has 9 heteroatoms. The summed E-state index contributed by atoms with van der Waals surface area (Å²) in [5, 5.41) is 4.34. The molecule has 1 N–H and O–H groups in total. The van der Waals surface area contributed by atoms with E-state index in [0.29, 0.717) is 5.69 Å². The number of pyridine rings is 1. The van der Waals surface area contributed by atoms with Crippen LogP contribution >= 0.6 is 0 Å². The maximum atomic E-state index is 12.4. The Morgan fingerprint density at radius 2 is 1.81 bits per heavy atom. The Balaban J connectivity index is 1.73. The second kappa shape index (κ2) is 7.68. The number of sulfonamides is 1. The summed E-state index contributed by atoms with van der Waals surface area (Å²) in [6.45, 7) is 0.0417. The molecule has 2 heterocycles. The van der Waals surface area contributed by atoms with Crippen molar-refractivity contribution in [2.24, 2.45) is 7.05 Å². The topological polar surface area (TPSA) is 103 Å². The van der Waals surface area contributed by atoms with Crippen molar-refractivity contribution in [1.82, 2.24) is 19.5 Å². The number of aryl methyl sites for hydroxylation is 1. The van der Waals surface area contributed by atoms with E-state index < -0.39 is 16.0 Å². The third kappa shape index (κ3) is 4.21. The molecule has 140 valence electrons. The van der Waals surface area contributed by atoms with Crippen molar-refractivity contribution in [3.8, 4) is 11.3 Å². The van der Waals surface area contributed by atoms with Gasteiger partial charge in [0.05, 0.1) is 35.5 Å². The zero-order valence-corrected chi connectivity index (χ0v) is 15.6. The molecule has 0 atom stereocenters. The number of nitrogens with one attached hydrogen (secondary N) is 1. The van der Waals surface area contributed by atoms with Gasteiger partial charge in [-0.1, -0.05) is 0 Å². The van der Waals surface area contributed by atoms with E-state index in [0.717, 1.165) is 11.3 Å². The fraction of sp³-hybridized carbons (Fsp3) is 0.167. The lowest BCUT2D eigenvalue weighted by atomic mass is 10.2. The lowest BCUT2D eigenvalue weighted by molar-refractivity contribution is 0.0600. The Morgan fingerprint density at radius 3 is 2.44 bits per heavy atom. The summed E-state index contributed by atoms with van der Waals surface area (Å²) >= 11 is 0. The van der Waals surface area contributed by atoms with Crippen molar-refractivity contribution < 1.29 is 17.9 Å². The molecule has 2 aromatic heterocycles. The monoisotopic (exact) mass is 386 g/mol. The van der Waals surface area contributed by atoms with E-state index in [-0.39, 0.29) is 17.0 Å². The predicted octanol–water partition coefficient (Wildman–Crippen LogP) is 1.75. The van der Waals surface area contributed by atoms with Crippen molar-refractivity contribution in [2.45, 2.75) is 11.4 Å². The minimum absolute atomic E-state index is 0.0417. The van der Waals surface area contributed by atoms with Gasteiger partial charge in [0.25, 0.3) is 0 Å². The van der Waals surface area contributed by atoms with Crippen LogP contribution in [-0.2, 0) is 28.4 Å². The number of esters is 1. The Kier molecular flexibility index (Phi) is 5.33. The second-order valence-corrected chi connectivity index (χ2v) is 7.49. The molecule has 0 fully saturated rings. The maximum absolute atomic E-state index is 12.4. The van der Waals surface area contributed by atoms with Gasteiger partial charge in [-0.25, -0.2) is 17.9 Å². The van der Waals surface area contributed by atoms with Crippen LogP contribution in [0.25, 0.3) is 11.3 Å². The van der Waals surface area contributed by atoms with E-state index in [2.05, 4.69) is 19.5 Å². The number of ether oxygens (including phenoxy) is 1. The minimum Gasteiger partial charge on any atom is -0.465 e. The maximum Gasteiger partial charge on any atom is 0.337 e. The van der Waals surface area contributed by atoms with Crippen LogP contribution in [0.4, 0.5) is 0 Å². The quantitative estimate of drug-likeness (QED) is 0.648.